The van der Waals surface area contributed by atoms with Crippen LogP contribution in [0.1, 0.15) is 30.8 Å². The molecule has 0 unspecified atom stereocenters. The van der Waals surface area contributed by atoms with Gasteiger partial charge in [-0.05, 0) is 24.9 Å². The van der Waals surface area contributed by atoms with Gasteiger partial charge in [-0.25, -0.2) is 4.68 Å². The van der Waals surface area contributed by atoms with Crippen molar-refractivity contribution in [3.8, 4) is 0 Å². The molecule has 0 spiro atoms. The second-order valence-electron chi connectivity index (χ2n) is 5.67. The summed E-state index contributed by atoms with van der Waals surface area (Å²) in [5.74, 6) is -0.0123. The van der Waals surface area contributed by atoms with Gasteiger partial charge in [-0.3, -0.25) is 9.59 Å². The van der Waals surface area contributed by atoms with Crippen LogP contribution in [0.25, 0.3) is 10.8 Å². The van der Waals surface area contributed by atoms with E-state index in [1.807, 2.05) is 13.8 Å². The van der Waals surface area contributed by atoms with Crippen molar-refractivity contribution in [2.45, 2.75) is 26.8 Å². The lowest BCUT2D eigenvalue weighted by Gasteiger charge is -2.12. The number of fused-ring (bicyclic) bond motifs is 1. The number of benzene rings is 1. The molecule has 0 aliphatic heterocycles. The summed E-state index contributed by atoms with van der Waals surface area (Å²) in [6.07, 6.45) is 0.704. The molecule has 1 aromatic heterocycles. The third-order valence-corrected chi connectivity index (χ3v) is 3.29. The Labute approximate surface area is 141 Å². The number of nitrogens with one attached hydrogen (secondary N) is 1. The third-order valence-electron chi connectivity index (χ3n) is 3.29. The molecule has 0 aliphatic carbocycles. The average Bonchev–Trinajstić information content (AvgIpc) is 2.50. The molecule has 6 nitrogen and oxygen atoms in total. The molecule has 0 bridgehead atoms. The molecule has 3 N–H and O–H groups in total. The minimum Gasteiger partial charge on any atom is -0.351 e. The van der Waals surface area contributed by atoms with Crippen LogP contribution in [0.15, 0.2) is 29.1 Å². The quantitative estimate of drug-likeness (QED) is 0.782. The molecule has 1 aromatic carbocycles. The van der Waals surface area contributed by atoms with Crippen molar-refractivity contribution in [1.29, 1.82) is 0 Å². The van der Waals surface area contributed by atoms with E-state index >= 15 is 0 Å². The molecule has 2 aromatic rings. The summed E-state index contributed by atoms with van der Waals surface area (Å²) in [4.78, 5) is 24.8. The van der Waals surface area contributed by atoms with Crippen LogP contribution in [0.3, 0.4) is 0 Å². The van der Waals surface area contributed by atoms with Crippen LogP contribution in [-0.4, -0.2) is 28.8 Å². The number of nitrogens with two attached hydrogens (primary N) is 1. The first-order valence-electron chi connectivity index (χ1n) is 7.52. The summed E-state index contributed by atoms with van der Waals surface area (Å²) in [5.41, 5.74) is 5.55. The van der Waals surface area contributed by atoms with Crippen molar-refractivity contribution in [1.82, 2.24) is 15.1 Å². The molecule has 7 heteroatoms. The maximum absolute atomic E-state index is 12.5. The van der Waals surface area contributed by atoms with Crippen molar-refractivity contribution in [3.63, 3.8) is 0 Å². The average molecular weight is 339 g/mol. The minimum absolute atomic E-state index is 0. The molecule has 0 aliphatic rings. The first-order valence-corrected chi connectivity index (χ1v) is 7.52. The Bertz CT molecular complexity index is 728. The number of nitrogens with zero attached hydrogens (tertiary/aromatic N) is 2. The van der Waals surface area contributed by atoms with Crippen LogP contribution in [0.2, 0.25) is 0 Å². The zero-order valence-corrected chi connectivity index (χ0v) is 14.2. The Kier molecular flexibility index (Phi) is 7.19. The van der Waals surface area contributed by atoms with E-state index in [4.69, 9.17) is 5.73 Å². The van der Waals surface area contributed by atoms with Gasteiger partial charge >= 0.3 is 0 Å². The first kappa shape index (κ1) is 19.1. The normalized spacial score (nSPS) is 10.6. The molecule has 0 saturated heterocycles. The molecule has 0 saturated carbocycles. The van der Waals surface area contributed by atoms with Crippen molar-refractivity contribution in [2.75, 3.05) is 13.1 Å². The zero-order chi connectivity index (χ0) is 16.1. The van der Waals surface area contributed by atoms with E-state index in [0.717, 1.165) is 0 Å². The Balaban J connectivity index is 0.00000264. The zero-order valence-electron chi connectivity index (χ0n) is 13.4. The van der Waals surface area contributed by atoms with Crippen molar-refractivity contribution in [3.05, 3.63) is 40.3 Å². The van der Waals surface area contributed by atoms with Gasteiger partial charge in [-0.15, -0.1) is 12.4 Å². The van der Waals surface area contributed by atoms with Crippen molar-refractivity contribution in [2.24, 2.45) is 11.7 Å². The van der Waals surface area contributed by atoms with Crippen molar-refractivity contribution >= 4 is 29.1 Å². The summed E-state index contributed by atoms with van der Waals surface area (Å²) in [5, 5.41) is 8.17. The van der Waals surface area contributed by atoms with Gasteiger partial charge in [-0.2, -0.15) is 5.10 Å². The number of carbonyl (C=O) groups is 1. The van der Waals surface area contributed by atoms with Gasteiger partial charge in [0.15, 0.2) is 5.69 Å². The van der Waals surface area contributed by atoms with Gasteiger partial charge in [0.25, 0.3) is 11.5 Å². The molecular formula is C16H23ClN4O2. The predicted molar refractivity (Wildman–Crippen MR) is 94.1 cm³/mol. The van der Waals surface area contributed by atoms with E-state index in [9.17, 15) is 9.59 Å². The van der Waals surface area contributed by atoms with Crippen LogP contribution in [0.4, 0.5) is 0 Å². The number of hydrogen-bond acceptors (Lipinski definition) is 4. The maximum Gasteiger partial charge on any atom is 0.274 e. The second kappa shape index (κ2) is 8.64. The summed E-state index contributed by atoms with van der Waals surface area (Å²) >= 11 is 0. The Hall–Kier alpha value is -1.92. The van der Waals surface area contributed by atoms with Crippen LogP contribution in [0, 0.1) is 5.92 Å². The van der Waals surface area contributed by atoms with E-state index in [1.165, 1.54) is 4.68 Å². The van der Waals surface area contributed by atoms with Crippen LogP contribution in [-0.2, 0) is 6.54 Å². The fourth-order valence-corrected chi connectivity index (χ4v) is 2.26. The van der Waals surface area contributed by atoms with E-state index in [-0.39, 0.29) is 35.5 Å². The highest BCUT2D eigenvalue weighted by molar-refractivity contribution is 6.04. The van der Waals surface area contributed by atoms with Crippen LogP contribution < -0.4 is 16.6 Å². The molecule has 0 atom stereocenters. The molecule has 1 amide bonds. The Morgan fingerprint density at radius 1 is 1.30 bits per heavy atom. The van der Waals surface area contributed by atoms with E-state index in [0.29, 0.717) is 36.8 Å². The summed E-state index contributed by atoms with van der Waals surface area (Å²) in [7, 11) is 0. The lowest BCUT2D eigenvalue weighted by atomic mass is 10.1. The van der Waals surface area contributed by atoms with Crippen molar-refractivity contribution < 1.29 is 4.79 Å². The van der Waals surface area contributed by atoms with E-state index < -0.39 is 0 Å². The Morgan fingerprint density at radius 2 is 1.96 bits per heavy atom. The maximum atomic E-state index is 12.5. The number of aromatic nitrogens is 2. The highest BCUT2D eigenvalue weighted by Crippen LogP contribution is 2.13. The lowest BCUT2D eigenvalue weighted by Crippen LogP contribution is -2.32. The van der Waals surface area contributed by atoms with Gasteiger partial charge in [0.1, 0.15) is 0 Å². The number of carbonyl (C=O) groups excluding carboxylic acids is 1. The molecule has 0 radical (unpaired) electrons. The van der Waals surface area contributed by atoms with E-state index in [2.05, 4.69) is 10.4 Å². The molecule has 0 fully saturated rings. The summed E-state index contributed by atoms with van der Waals surface area (Å²) in [6, 6.07) is 7.07. The second-order valence-corrected chi connectivity index (χ2v) is 5.67. The van der Waals surface area contributed by atoms with Gasteiger partial charge in [-0.1, -0.05) is 32.0 Å². The monoisotopic (exact) mass is 338 g/mol. The number of halogens is 1. The lowest BCUT2D eigenvalue weighted by molar-refractivity contribution is 0.0947. The summed E-state index contributed by atoms with van der Waals surface area (Å²) in [6.45, 7) is 5.50. The molecule has 2 rings (SSSR count). The van der Waals surface area contributed by atoms with Gasteiger partial charge < -0.3 is 11.1 Å². The van der Waals surface area contributed by atoms with Crippen LogP contribution in [0.5, 0.6) is 0 Å². The molecular weight excluding hydrogens is 316 g/mol. The van der Waals surface area contributed by atoms with E-state index in [1.54, 1.807) is 24.3 Å². The minimum atomic E-state index is -0.276. The smallest absolute Gasteiger partial charge is 0.274 e. The molecule has 126 valence electrons. The number of hydrogen-bond donors (Lipinski definition) is 2. The standard InChI is InChI=1S/C16H22N4O2.ClH/c1-11(2)10-20-16(22)13-7-4-3-6-12(13)14(19-20)15(21)18-9-5-8-17;/h3-4,6-7,11H,5,8-10,17H2,1-2H3,(H,18,21);1H. The molecule has 1 heterocycles. The highest BCUT2D eigenvalue weighted by Gasteiger charge is 2.16. The Morgan fingerprint density at radius 3 is 2.57 bits per heavy atom. The SMILES string of the molecule is CC(C)Cn1nc(C(=O)NCCCN)c2ccccc2c1=O.Cl. The fraction of sp³-hybridized carbons (Fsp3) is 0.438. The third kappa shape index (κ3) is 4.53. The van der Waals surface area contributed by atoms with Gasteiger partial charge in [0.05, 0.1) is 5.39 Å². The number of amides is 1. The highest BCUT2D eigenvalue weighted by atomic mass is 35.5. The largest absolute Gasteiger partial charge is 0.351 e. The van der Waals surface area contributed by atoms with Gasteiger partial charge in [0, 0.05) is 18.5 Å². The predicted octanol–water partition coefficient (Wildman–Crippen LogP) is 1.55. The topological polar surface area (TPSA) is 90.0 Å². The molecule has 23 heavy (non-hydrogen) atoms. The van der Waals surface area contributed by atoms with Gasteiger partial charge in [0.2, 0.25) is 0 Å². The number of rotatable bonds is 6. The summed E-state index contributed by atoms with van der Waals surface area (Å²) < 4.78 is 1.38. The first-order chi connectivity index (χ1) is 10.5. The van der Waals surface area contributed by atoms with Crippen LogP contribution >= 0.6 is 12.4 Å². The fourth-order valence-electron chi connectivity index (χ4n) is 2.26.